The Hall–Kier alpha value is -2.32. The first-order chi connectivity index (χ1) is 12.2. The van der Waals surface area contributed by atoms with Gasteiger partial charge in [0.05, 0.1) is 26.1 Å². The smallest absolute Gasteiger partial charge is 0.320 e. The second-order valence-corrected chi connectivity index (χ2v) is 6.43. The molecule has 0 bridgehead atoms. The van der Waals surface area contributed by atoms with Gasteiger partial charge in [0, 0.05) is 24.2 Å². The average molecular weight is 371 g/mol. The van der Waals surface area contributed by atoms with Gasteiger partial charge < -0.3 is 14.3 Å². The lowest BCUT2D eigenvalue weighted by molar-refractivity contribution is -0.535. The minimum atomic E-state index is -1.71. The fourth-order valence-corrected chi connectivity index (χ4v) is 3.63. The van der Waals surface area contributed by atoms with Crippen molar-refractivity contribution < 1.29 is 33.6 Å². The number of nitro groups is 1. The summed E-state index contributed by atoms with van der Waals surface area (Å²) in [5.74, 6) is -3.01. The van der Waals surface area contributed by atoms with Gasteiger partial charge in [-0.1, -0.05) is 0 Å². The predicted octanol–water partition coefficient (Wildman–Crippen LogP) is 1.48. The van der Waals surface area contributed by atoms with Crippen molar-refractivity contribution in [2.75, 3.05) is 13.7 Å². The maximum Gasteiger partial charge on any atom is 0.320 e. The third-order valence-electron chi connectivity index (χ3n) is 4.93. The molecule has 0 aliphatic heterocycles. The van der Waals surface area contributed by atoms with Crippen LogP contribution in [0, 0.1) is 21.4 Å². The fraction of sp³-hybridized carbons (Fsp3) is 0.765. The highest BCUT2D eigenvalue weighted by atomic mass is 16.6. The Bertz CT molecular complexity index is 587. The van der Waals surface area contributed by atoms with Crippen LogP contribution >= 0.6 is 0 Å². The van der Waals surface area contributed by atoms with E-state index in [1.807, 2.05) is 0 Å². The zero-order valence-electron chi connectivity index (χ0n) is 15.3. The number of nitrogens with zero attached hydrogens (tertiary/aromatic N) is 1. The number of esters is 2. The molecule has 1 fully saturated rings. The van der Waals surface area contributed by atoms with E-state index in [4.69, 9.17) is 4.74 Å². The molecule has 0 unspecified atom stereocenters. The summed E-state index contributed by atoms with van der Waals surface area (Å²) in [6.07, 6.45) is -0.376. The van der Waals surface area contributed by atoms with Crippen LogP contribution in [0.3, 0.4) is 0 Å². The van der Waals surface area contributed by atoms with Crippen LogP contribution in [0.25, 0.3) is 0 Å². The van der Waals surface area contributed by atoms with Crippen LogP contribution in [0.4, 0.5) is 0 Å². The van der Waals surface area contributed by atoms with Crippen LogP contribution in [0.5, 0.6) is 0 Å². The van der Waals surface area contributed by atoms with E-state index in [1.54, 1.807) is 6.92 Å². The summed E-state index contributed by atoms with van der Waals surface area (Å²) in [4.78, 5) is 59.2. The van der Waals surface area contributed by atoms with Gasteiger partial charge in [-0.2, -0.15) is 0 Å². The van der Waals surface area contributed by atoms with E-state index in [0.717, 1.165) is 0 Å². The topological polar surface area (TPSA) is 130 Å². The fourth-order valence-electron chi connectivity index (χ4n) is 3.63. The zero-order chi connectivity index (χ0) is 19.9. The number of ether oxygens (including phenoxy) is 2. The van der Waals surface area contributed by atoms with E-state index in [9.17, 15) is 29.3 Å². The Labute approximate surface area is 151 Å². The molecule has 26 heavy (non-hydrogen) atoms. The molecule has 146 valence electrons. The average Bonchev–Trinajstić information content (AvgIpc) is 2.90. The van der Waals surface area contributed by atoms with Gasteiger partial charge >= 0.3 is 11.9 Å². The monoisotopic (exact) mass is 371 g/mol. The van der Waals surface area contributed by atoms with Crippen molar-refractivity contribution in [1.29, 1.82) is 0 Å². The first-order valence-electron chi connectivity index (χ1n) is 8.60. The van der Waals surface area contributed by atoms with Gasteiger partial charge in [0.25, 0.3) is 0 Å². The lowest BCUT2D eigenvalue weighted by Gasteiger charge is -2.32. The SMILES string of the molecule is CCOC(=O)[C@@]1(CCC(C)=O)C(=O)CC[C@H]1[C@@H](CCC(=O)OC)[N+](=O)[O-]. The van der Waals surface area contributed by atoms with Crippen LogP contribution < -0.4 is 0 Å². The first-order valence-corrected chi connectivity index (χ1v) is 8.60. The standard InChI is InChI=1S/C17H25NO8/c1-4-26-16(22)17(10-9-11(2)19)12(5-7-14(17)20)13(18(23)24)6-8-15(21)25-3/h12-13H,4-10H2,1-3H3/t12-,13+,17+/m0/s1. The molecule has 0 N–H and O–H groups in total. The maximum absolute atomic E-state index is 12.7. The Balaban J connectivity index is 3.25. The van der Waals surface area contributed by atoms with E-state index in [0.29, 0.717) is 0 Å². The largest absolute Gasteiger partial charge is 0.469 e. The highest BCUT2D eigenvalue weighted by molar-refractivity contribution is 6.06. The lowest BCUT2D eigenvalue weighted by Crippen LogP contribution is -2.48. The van der Waals surface area contributed by atoms with Crippen molar-refractivity contribution in [1.82, 2.24) is 0 Å². The minimum absolute atomic E-state index is 0.00392. The number of methoxy groups -OCH3 is 1. The molecule has 0 saturated heterocycles. The molecule has 0 heterocycles. The van der Waals surface area contributed by atoms with Crippen LogP contribution in [-0.4, -0.2) is 48.2 Å². The maximum atomic E-state index is 12.7. The summed E-state index contributed by atoms with van der Waals surface area (Å²) in [5.41, 5.74) is -1.71. The summed E-state index contributed by atoms with van der Waals surface area (Å²) in [6, 6.07) is -1.28. The number of ketones is 2. The Kier molecular flexibility index (Phi) is 7.85. The van der Waals surface area contributed by atoms with E-state index in [-0.39, 0.29) is 50.9 Å². The van der Waals surface area contributed by atoms with Crippen LogP contribution in [0.2, 0.25) is 0 Å². The normalized spacial score (nSPS) is 23.3. The first kappa shape index (κ1) is 21.7. The summed E-state index contributed by atoms with van der Waals surface area (Å²) in [7, 11) is 1.18. The quantitative estimate of drug-likeness (QED) is 0.244. The molecule has 0 amide bonds. The highest BCUT2D eigenvalue weighted by Gasteiger charge is 2.61. The van der Waals surface area contributed by atoms with Crippen LogP contribution in [0.1, 0.15) is 52.4 Å². The molecule has 1 aliphatic carbocycles. The van der Waals surface area contributed by atoms with E-state index in [1.165, 1.54) is 14.0 Å². The molecule has 9 nitrogen and oxygen atoms in total. The van der Waals surface area contributed by atoms with Gasteiger partial charge in [0.1, 0.15) is 11.2 Å². The number of hydrogen-bond donors (Lipinski definition) is 0. The third-order valence-corrected chi connectivity index (χ3v) is 4.93. The molecule has 0 spiro atoms. The molecule has 9 heteroatoms. The van der Waals surface area contributed by atoms with Gasteiger partial charge in [-0.05, 0) is 26.7 Å². The Morgan fingerprint density at radius 2 is 2.00 bits per heavy atom. The lowest BCUT2D eigenvalue weighted by atomic mass is 9.69. The van der Waals surface area contributed by atoms with Gasteiger partial charge in [0.2, 0.25) is 6.04 Å². The summed E-state index contributed by atoms with van der Waals surface area (Å²) in [5, 5.41) is 11.6. The molecule has 1 aliphatic rings. The molecule has 0 radical (unpaired) electrons. The highest BCUT2D eigenvalue weighted by Crippen LogP contribution is 2.48. The van der Waals surface area contributed by atoms with Crippen molar-refractivity contribution in [2.45, 2.75) is 58.4 Å². The number of carbonyl (C=O) groups excluding carboxylic acids is 4. The van der Waals surface area contributed by atoms with Crippen molar-refractivity contribution in [2.24, 2.45) is 11.3 Å². The molecule has 0 aromatic rings. The van der Waals surface area contributed by atoms with E-state index in [2.05, 4.69) is 4.74 Å². The number of rotatable bonds is 10. The van der Waals surface area contributed by atoms with E-state index < -0.39 is 40.0 Å². The van der Waals surface area contributed by atoms with Gasteiger partial charge in [-0.15, -0.1) is 0 Å². The molecular weight excluding hydrogens is 346 g/mol. The molecule has 1 rings (SSSR count). The van der Waals surface area contributed by atoms with Gasteiger partial charge in [0.15, 0.2) is 5.78 Å². The Morgan fingerprint density at radius 3 is 2.50 bits per heavy atom. The molecule has 3 atom stereocenters. The van der Waals surface area contributed by atoms with E-state index >= 15 is 0 Å². The van der Waals surface area contributed by atoms with Crippen LogP contribution in [-0.2, 0) is 28.7 Å². The van der Waals surface area contributed by atoms with Crippen LogP contribution in [0.15, 0.2) is 0 Å². The predicted molar refractivity (Wildman–Crippen MR) is 88.7 cm³/mol. The number of hydrogen-bond acceptors (Lipinski definition) is 8. The zero-order valence-corrected chi connectivity index (χ0v) is 15.3. The van der Waals surface area contributed by atoms with Gasteiger partial charge in [-0.25, -0.2) is 0 Å². The summed E-state index contributed by atoms with van der Waals surface area (Å²) >= 11 is 0. The van der Waals surface area contributed by atoms with Gasteiger partial charge in [-0.3, -0.25) is 24.5 Å². The molecule has 0 aromatic heterocycles. The van der Waals surface area contributed by atoms with Crippen molar-refractivity contribution in [3.8, 4) is 0 Å². The van der Waals surface area contributed by atoms with Crippen molar-refractivity contribution in [3.05, 3.63) is 10.1 Å². The Morgan fingerprint density at radius 1 is 1.35 bits per heavy atom. The number of Topliss-reactive ketones (excluding diaryl/α,β-unsaturated/α-hetero) is 2. The third kappa shape index (κ3) is 4.64. The minimum Gasteiger partial charge on any atom is -0.469 e. The molecule has 1 saturated carbocycles. The molecule has 0 aromatic carbocycles. The second kappa shape index (κ2) is 9.40. The second-order valence-electron chi connectivity index (χ2n) is 6.43. The molecular formula is C17H25NO8. The summed E-state index contributed by atoms with van der Waals surface area (Å²) in [6.45, 7) is 2.93. The number of carbonyl (C=O) groups is 4. The summed E-state index contributed by atoms with van der Waals surface area (Å²) < 4.78 is 9.57. The van der Waals surface area contributed by atoms with Crippen molar-refractivity contribution in [3.63, 3.8) is 0 Å². The van der Waals surface area contributed by atoms with Crippen molar-refractivity contribution >= 4 is 23.5 Å².